The van der Waals surface area contributed by atoms with Crippen LogP contribution < -0.4 is 5.32 Å². The number of nitrogens with zero attached hydrogens (tertiary/aromatic N) is 2. The minimum Gasteiger partial charge on any atom is -0.424 e. The quantitative estimate of drug-likeness (QED) is 0.588. The molecule has 0 spiro atoms. The largest absolute Gasteiger partial charge is 0.424 e. The van der Waals surface area contributed by atoms with Gasteiger partial charge in [0.25, 0.3) is 6.01 Å². The van der Waals surface area contributed by atoms with E-state index in [0.29, 0.717) is 12.6 Å². The lowest BCUT2D eigenvalue weighted by atomic mass is 10.2. The van der Waals surface area contributed by atoms with Gasteiger partial charge in [-0.15, -0.1) is 11.3 Å². The standard InChI is InChI=1S/C18H15N3OS/c1-2-6-13(7-3-1)10-17-20-14(12-23-17)11-19-18-21-15-8-4-5-9-16(15)22-18/h1-9,12H,10-11H2,(H,19,21). The molecule has 0 aliphatic carbocycles. The van der Waals surface area contributed by atoms with Crippen LogP contribution in [0.3, 0.4) is 0 Å². The molecule has 114 valence electrons. The third-order valence-electron chi connectivity index (χ3n) is 3.51. The topological polar surface area (TPSA) is 51.0 Å². The molecule has 0 aliphatic heterocycles. The zero-order valence-corrected chi connectivity index (χ0v) is 13.2. The van der Waals surface area contributed by atoms with E-state index < -0.39 is 0 Å². The first-order valence-corrected chi connectivity index (χ1v) is 8.31. The molecule has 0 saturated heterocycles. The fourth-order valence-electron chi connectivity index (χ4n) is 2.40. The van der Waals surface area contributed by atoms with Crippen LogP contribution >= 0.6 is 11.3 Å². The number of hydrogen-bond acceptors (Lipinski definition) is 5. The van der Waals surface area contributed by atoms with Crippen LogP contribution in [0.15, 0.2) is 64.4 Å². The minimum atomic E-state index is 0.531. The van der Waals surface area contributed by atoms with E-state index in [9.17, 15) is 0 Å². The first-order valence-electron chi connectivity index (χ1n) is 7.43. The third-order valence-corrected chi connectivity index (χ3v) is 4.41. The second-order valence-electron chi connectivity index (χ2n) is 5.24. The molecule has 0 saturated carbocycles. The number of benzene rings is 2. The smallest absolute Gasteiger partial charge is 0.296 e. The van der Waals surface area contributed by atoms with Gasteiger partial charge in [0.1, 0.15) is 5.52 Å². The van der Waals surface area contributed by atoms with E-state index in [-0.39, 0.29) is 0 Å². The number of hydrogen-bond donors (Lipinski definition) is 1. The van der Waals surface area contributed by atoms with Crippen LogP contribution in [0.2, 0.25) is 0 Å². The van der Waals surface area contributed by atoms with Gasteiger partial charge in [-0.1, -0.05) is 42.5 Å². The van der Waals surface area contributed by atoms with Gasteiger partial charge in [0.15, 0.2) is 5.58 Å². The minimum absolute atomic E-state index is 0.531. The molecule has 5 heteroatoms. The summed E-state index contributed by atoms with van der Waals surface area (Å²) in [6, 6.07) is 18.6. The molecular weight excluding hydrogens is 306 g/mol. The van der Waals surface area contributed by atoms with Crippen molar-refractivity contribution in [2.24, 2.45) is 0 Å². The maximum absolute atomic E-state index is 5.65. The monoisotopic (exact) mass is 321 g/mol. The molecule has 0 aliphatic rings. The van der Waals surface area contributed by atoms with Crippen LogP contribution in [0.4, 0.5) is 6.01 Å². The number of fused-ring (bicyclic) bond motifs is 1. The van der Waals surface area contributed by atoms with Gasteiger partial charge in [0, 0.05) is 11.8 Å². The summed E-state index contributed by atoms with van der Waals surface area (Å²) < 4.78 is 5.65. The third kappa shape index (κ3) is 3.24. The van der Waals surface area contributed by atoms with Crippen LogP contribution in [0.25, 0.3) is 11.1 Å². The molecule has 0 radical (unpaired) electrons. The maximum atomic E-state index is 5.65. The summed E-state index contributed by atoms with van der Waals surface area (Å²) in [4.78, 5) is 9.06. The van der Waals surface area contributed by atoms with Crippen molar-refractivity contribution in [2.75, 3.05) is 5.32 Å². The Balaban J connectivity index is 1.41. The summed E-state index contributed by atoms with van der Waals surface area (Å²) in [5, 5.41) is 6.39. The van der Waals surface area contributed by atoms with Gasteiger partial charge in [-0.05, 0) is 17.7 Å². The van der Waals surface area contributed by atoms with Gasteiger partial charge in [0.05, 0.1) is 17.2 Å². The molecule has 0 amide bonds. The van der Waals surface area contributed by atoms with Gasteiger partial charge in [0.2, 0.25) is 0 Å². The Kier molecular flexibility index (Phi) is 3.78. The Morgan fingerprint density at radius 3 is 2.65 bits per heavy atom. The number of aromatic nitrogens is 2. The Morgan fingerprint density at radius 1 is 0.957 bits per heavy atom. The maximum Gasteiger partial charge on any atom is 0.296 e. The highest BCUT2D eigenvalue weighted by Crippen LogP contribution is 2.19. The Morgan fingerprint density at radius 2 is 1.78 bits per heavy atom. The molecule has 4 rings (SSSR count). The van der Waals surface area contributed by atoms with Crippen molar-refractivity contribution < 1.29 is 4.42 Å². The van der Waals surface area contributed by atoms with Crippen molar-refractivity contribution in [1.82, 2.24) is 9.97 Å². The molecule has 0 unspecified atom stereocenters. The summed E-state index contributed by atoms with van der Waals surface area (Å²) in [6.45, 7) is 0.609. The van der Waals surface area contributed by atoms with Gasteiger partial charge >= 0.3 is 0 Å². The second-order valence-corrected chi connectivity index (χ2v) is 6.18. The van der Waals surface area contributed by atoms with E-state index in [4.69, 9.17) is 4.42 Å². The molecule has 4 nitrogen and oxygen atoms in total. The lowest BCUT2D eigenvalue weighted by Gasteiger charge is -1.98. The van der Waals surface area contributed by atoms with E-state index in [1.807, 2.05) is 30.3 Å². The van der Waals surface area contributed by atoms with Crippen molar-refractivity contribution in [3.8, 4) is 0 Å². The second kappa shape index (κ2) is 6.22. The molecule has 23 heavy (non-hydrogen) atoms. The number of thiazole rings is 1. The van der Waals surface area contributed by atoms with Crippen LogP contribution in [-0.4, -0.2) is 9.97 Å². The van der Waals surface area contributed by atoms with Crippen LogP contribution in [0, 0.1) is 0 Å². The predicted molar refractivity (Wildman–Crippen MR) is 92.7 cm³/mol. The van der Waals surface area contributed by atoms with Crippen molar-refractivity contribution in [3.05, 3.63) is 76.2 Å². The normalized spacial score (nSPS) is 11.0. The molecule has 2 aromatic heterocycles. The van der Waals surface area contributed by atoms with Gasteiger partial charge in [-0.25, -0.2) is 4.98 Å². The molecule has 2 aromatic carbocycles. The summed E-state index contributed by atoms with van der Waals surface area (Å²) in [7, 11) is 0. The van der Waals surface area contributed by atoms with Gasteiger partial charge in [-0.2, -0.15) is 4.98 Å². The number of rotatable bonds is 5. The number of nitrogens with one attached hydrogen (secondary N) is 1. The average Bonchev–Trinajstić information content (AvgIpc) is 3.20. The zero-order valence-electron chi connectivity index (χ0n) is 12.4. The molecular formula is C18H15N3OS. The summed E-state index contributed by atoms with van der Waals surface area (Å²) >= 11 is 1.68. The van der Waals surface area contributed by atoms with Crippen molar-refractivity contribution in [2.45, 2.75) is 13.0 Å². The molecule has 1 N–H and O–H groups in total. The van der Waals surface area contributed by atoms with Crippen molar-refractivity contribution in [1.29, 1.82) is 0 Å². The first kappa shape index (κ1) is 14.0. The van der Waals surface area contributed by atoms with E-state index in [0.717, 1.165) is 28.2 Å². The molecule has 0 fully saturated rings. The number of anilines is 1. The fourth-order valence-corrected chi connectivity index (χ4v) is 3.22. The van der Waals surface area contributed by atoms with Crippen LogP contribution in [-0.2, 0) is 13.0 Å². The molecule has 0 bridgehead atoms. The average molecular weight is 321 g/mol. The highest BCUT2D eigenvalue weighted by Gasteiger charge is 2.07. The van der Waals surface area contributed by atoms with Gasteiger partial charge < -0.3 is 9.73 Å². The first-order chi connectivity index (χ1) is 11.4. The van der Waals surface area contributed by atoms with E-state index in [1.54, 1.807) is 11.3 Å². The van der Waals surface area contributed by atoms with Crippen LogP contribution in [0.1, 0.15) is 16.3 Å². The molecule has 0 atom stereocenters. The summed E-state index contributed by atoms with van der Waals surface area (Å²) in [6.07, 6.45) is 0.869. The Bertz CT molecular complexity index is 881. The SMILES string of the molecule is c1ccc(Cc2nc(CNc3nc4ccccc4o3)cs2)cc1. The molecule has 4 aromatic rings. The van der Waals surface area contributed by atoms with Crippen LogP contribution in [0.5, 0.6) is 0 Å². The predicted octanol–water partition coefficient (Wildman–Crippen LogP) is 4.49. The zero-order chi connectivity index (χ0) is 15.5. The lowest BCUT2D eigenvalue weighted by molar-refractivity contribution is 0.614. The number of oxazole rings is 1. The summed E-state index contributed by atoms with van der Waals surface area (Å²) in [5.74, 6) is 0. The van der Waals surface area contributed by atoms with Gasteiger partial charge in [-0.3, -0.25) is 0 Å². The summed E-state index contributed by atoms with van der Waals surface area (Å²) in [5.41, 5.74) is 3.93. The van der Waals surface area contributed by atoms with E-state index >= 15 is 0 Å². The molecule has 2 heterocycles. The highest BCUT2D eigenvalue weighted by molar-refractivity contribution is 7.09. The van der Waals surface area contributed by atoms with Crippen molar-refractivity contribution in [3.63, 3.8) is 0 Å². The Labute approximate surface area is 137 Å². The Hall–Kier alpha value is -2.66. The van der Waals surface area contributed by atoms with E-state index in [1.165, 1.54) is 5.56 Å². The highest BCUT2D eigenvalue weighted by atomic mass is 32.1. The lowest BCUT2D eigenvalue weighted by Crippen LogP contribution is -2.00. The van der Waals surface area contributed by atoms with E-state index in [2.05, 4.69) is 44.9 Å². The fraction of sp³-hybridized carbons (Fsp3) is 0.111. The van der Waals surface area contributed by atoms with Crippen molar-refractivity contribution >= 4 is 28.5 Å². The number of para-hydroxylation sites is 2.